The van der Waals surface area contributed by atoms with Crippen LogP contribution in [0.5, 0.6) is 0 Å². The van der Waals surface area contributed by atoms with Crippen LogP contribution in [0.1, 0.15) is 35.8 Å². The second-order valence-electron chi connectivity index (χ2n) is 4.93. The van der Waals surface area contributed by atoms with Crippen LogP contribution in [0.3, 0.4) is 0 Å². The number of halogens is 1. The Hall–Kier alpha value is -1.06. The summed E-state index contributed by atoms with van der Waals surface area (Å²) in [7, 11) is 0. The molecule has 1 aromatic carbocycles. The minimum atomic E-state index is -0.286. The quantitative estimate of drug-likeness (QED) is 0.849. The molecule has 1 aromatic heterocycles. The first-order valence-corrected chi connectivity index (χ1v) is 7.11. The molecule has 1 atom stereocenters. The van der Waals surface area contributed by atoms with E-state index < -0.39 is 0 Å². The number of aryl methyl sites for hydroxylation is 1. The number of aromatic nitrogens is 1. The standard InChI is InChI=1S/C15H16BrNO/c1-10-9-11(5-6-13(10)16)17-8-7-12-14(17)3-2-4-15(12)18/h5-9,15,18H,2-4H2,1H3. The number of nitrogens with zero attached hydrogens (tertiary/aromatic N) is 1. The fourth-order valence-electron chi connectivity index (χ4n) is 2.69. The second-order valence-corrected chi connectivity index (χ2v) is 5.78. The molecule has 1 N–H and O–H groups in total. The van der Waals surface area contributed by atoms with Gasteiger partial charge in [-0.15, -0.1) is 0 Å². The summed E-state index contributed by atoms with van der Waals surface area (Å²) in [5.74, 6) is 0. The third-order valence-electron chi connectivity index (χ3n) is 3.70. The molecule has 0 fully saturated rings. The Balaban J connectivity index is 2.09. The van der Waals surface area contributed by atoms with E-state index in [0.29, 0.717) is 0 Å². The molecule has 1 aliphatic carbocycles. The normalized spacial score (nSPS) is 18.7. The van der Waals surface area contributed by atoms with Crippen molar-refractivity contribution in [1.82, 2.24) is 4.57 Å². The van der Waals surface area contributed by atoms with Gasteiger partial charge in [-0.2, -0.15) is 0 Å². The molecule has 1 heterocycles. The van der Waals surface area contributed by atoms with Gasteiger partial charge >= 0.3 is 0 Å². The van der Waals surface area contributed by atoms with E-state index in [9.17, 15) is 5.11 Å². The van der Waals surface area contributed by atoms with Gasteiger partial charge in [-0.25, -0.2) is 0 Å². The van der Waals surface area contributed by atoms with Gasteiger partial charge in [0.25, 0.3) is 0 Å². The first-order chi connectivity index (χ1) is 8.66. The topological polar surface area (TPSA) is 25.2 Å². The van der Waals surface area contributed by atoms with Gasteiger partial charge in [0.15, 0.2) is 0 Å². The van der Waals surface area contributed by atoms with Crippen molar-refractivity contribution in [3.63, 3.8) is 0 Å². The van der Waals surface area contributed by atoms with Gasteiger partial charge in [0.05, 0.1) is 6.10 Å². The highest BCUT2D eigenvalue weighted by atomic mass is 79.9. The van der Waals surface area contributed by atoms with Crippen molar-refractivity contribution in [2.75, 3.05) is 0 Å². The van der Waals surface area contributed by atoms with Crippen molar-refractivity contribution < 1.29 is 5.11 Å². The first kappa shape index (κ1) is 12.0. The van der Waals surface area contributed by atoms with Crippen LogP contribution in [0, 0.1) is 6.92 Å². The highest BCUT2D eigenvalue weighted by Crippen LogP contribution is 2.32. The van der Waals surface area contributed by atoms with E-state index in [1.807, 2.05) is 0 Å². The molecule has 3 heteroatoms. The summed E-state index contributed by atoms with van der Waals surface area (Å²) in [4.78, 5) is 0. The Bertz CT molecular complexity index is 588. The highest BCUT2D eigenvalue weighted by molar-refractivity contribution is 9.10. The maximum Gasteiger partial charge on any atom is 0.0807 e. The predicted molar refractivity (Wildman–Crippen MR) is 76.1 cm³/mol. The maximum absolute atomic E-state index is 10.00. The largest absolute Gasteiger partial charge is 0.388 e. The molecule has 0 spiro atoms. The van der Waals surface area contributed by atoms with Gasteiger partial charge in [-0.1, -0.05) is 15.9 Å². The van der Waals surface area contributed by atoms with E-state index in [1.54, 1.807) is 0 Å². The van der Waals surface area contributed by atoms with E-state index in [2.05, 4.69) is 57.9 Å². The van der Waals surface area contributed by atoms with E-state index >= 15 is 0 Å². The van der Waals surface area contributed by atoms with Gasteiger partial charge in [-0.05, 0) is 56.0 Å². The molecule has 0 aliphatic heterocycles. The first-order valence-electron chi connectivity index (χ1n) is 6.31. The lowest BCUT2D eigenvalue weighted by Gasteiger charge is -2.20. The molecule has 1 unspecified atom stereocenters. The molecule has 3 rings (SSSR count). The number of hydrogen-bond acceptors (Lipinski definition) is 1. The number of fused-ring (bicyclic) bond motifs is 1. The number of aliphatic hydroxyl groups excluding tert-OH is 1. The molecule has 0 amide bonds. The molecular formula is C15H16BrNO. The Morgan fingerprint density at radius 3 is 2.94 bits per heavy atom. The molecule has 0 saturated heterocycles. The summed E-state index contributed by atoms with van der Waals surface area (Å²) < 4.78 is 3.34. The van der Waals surface area contributed by atoms with Crippen molar-refractivity contribution in [2.45, 2.75) is 32.3 Å². The average molecular weight is 306 g/mol. The lowest BCUT2D eigenvalue weighted by molar-refractivity contribution is 0.156. The Morgan fingerprint density at radius 1 is 1.33 bits per heavy atom. The minimum absolute atomic E-state index is 0.286. The van der Waals surface area contributed by atoms with Crippen molar-refractivity contribution in [2.24, 2.45) is 0 Å². The fraction of sp³-hybridized carbons (Fsp3) is 0.333. The molecule has 0 saturated carbocycles. The number of aliphatic hydroxyl groups is 1. The van der Waals surface area contributed by atoms with Gasteiger partial charge in [-0.3, -0.25) is 0 Å². The van der Waals surface area contributed by atoms with Crippen LogP contribution in [0.2, 0.25) is 0 Å². The molecule has 0 bridgehead atoms. The van der Waals surface area contributed by atoms with Gasteiger partial charge in [0.1, 0.15) is 0 Å². The number of hydrogen-bond donors (Lipinski definition) is 1. The Morgan fingerprint density at radius 2 is 2.17 bits per heavy atom. The van der Waals surface area contributed by atoms with E-state index in [0.717, 1.165) is 29.3 Å². The molecule has 0 radical (unpaired) electrons. The van der Waals surface area contributed by atoms with Crippen molar-refractivity contribution in [1.29, 1.82) is 0 Å². The van der Waals surface area contributed by atoms with Gasteiger partial charge in [0.2, 0.25) is 0 Å². The van der Waals surface area contributed by atoms with Gasteiger partial charge < -0.3 is 9.67 Å². The summed E-state index contributed by atoms with van der Waals surface area (Å²) in [6, 6.07) is 8.41. The molecule has 18 heavy (non-hydrogen) atoms. The van der Waals surface area contributed by atoms with Crippen LogP contribution in [-0.4, -0.2) is 9.67 Å². The Kier molecular flexibility index (Phi) is 3.04. The van der Waals surface area contributed by atoms with Crippen molar-refractivity contribution in [3.05, 3.63) is 51.8 Å². The van der Waals surface area contributed by atoms with Crippen LogP contribution < -0.4 is 0 Å². The zero-order valence-corrected chi connectivity index (χ0v) is 11.9. The zero-order chi connectivity index (χ0) is 12.7. The number of rotatable bonds is 1. The maximum atomic E-state index is 10.00. The van der Waals surface area contributed by atoms with Crippen molar-refractivity contribution in [3.8, 4) is 5.69 Å². The third-order valence-corrected chi connectivity index (χ3v) is 4.59. The third kappa shape index (κ3) is 1.91. The van der Waals surface area contributed by atoms with Crippen LogP contribution in [0.25, 0.3) is 5.69 Å². The molecule has 2 aromatic rings. The lowest BCUT2D eigenvalue weighted by atomic mass is 9.95. The lowest BCUT2D eigenvalue weighted by Crippen LogP contribution is -2.11. The second kappa shape index (κ2) is 4.56. The van der Waals surface area contributed by atoms with Crippen LogP contribution >= 0.6 is 15.9 Å². The fourth-order valence-corrected chi connectivity index (χ4v) is 2.93. The summed E-state index contributed by atoms with van der Waals surface area (Å²) in [5.41, 5.74) is 4.76. The highest BCUT2D eigenvalue weighted by Gasteiger charge is 2.21. The summed E-state index contributed by atoms with van der Waals surface area (Å²) in [6.07, 6.45) is 4.78. The van der Waals surface area contributed by atoms with Gasteiger partial charge in [0, 0.05) is 27.6 Å². The Labute approximate surface area is 115 Å². The average Bonchev–Trinajstić information content (AvgIpc) is 2.78. The SMILES string of the molecule is Cc1cc(-n2ccc3c2CCCC3O)ccc1Br. The summed E-state index contributed by atoms with van der Waals surface area (Å²) in [6.45, 7) is 2.10. The van der Waals surface area contributed by atoms with Crippen LogP contribution in [0.15, 0.2) is 34.9 Å². The molecule has 1 aliphatic rings. The smallest absolute Gasteiger partial charge is 0.0807 e. The van der Waals surface area contributed by atoms with E-state index in [1.165, 1.54) is 16.9 Å². The summed E-state index contributed by atoms with van der Waals surface area (Å²) in [5, 5.41) is 10.00. The molecular weight excluding hydrogens is 290 g/mol. The minimum Gasteiger partial charge on any atom is -0.388 e. The van der Waals surface area contributed by atoms with Crippen LogP contribution in [-0.2, 0) is 6.42 Å². The summed E-state index contributed by atoms with van der Waals surface area (Å²) >= 11 is 3.53. The molecule has 2 nitrogen and oxygen atoms in total. The van der Waals surface area contributed by atoms with Crippen molar-refractivity contribution >= 4 is 15.9 Å². The molecule has 94 valence electrons. The monoisotopic (exact) mass is 305 g/mol. The predicted octanol–water partition coefficient (Wildman–Crippen LogP) is 3.92. The zero-order valence-electron chi connectivity index (χ0n) is 10.4. The number of benzene rings is 1. The van der Waals surface area contributed by atoms with E-state index in [-0.39, 0.29) is 6.10 Å². The van der Waals surface area contributed by atoms with Crippen LogP contribution in [0.4, 0.5) is 0 Å². The van der Waals surface area contributed by atoms with E-state index in [4.69, 9.17) is 0 Å².